The second kappa shape index (κ2) is 18.1. The van der Waals surface area contributed by atoms with Crippen molar-refractivity contribution in [2.75, 3.05) is 52.4 Å². The lowest BCUT2D eigenvalue weighted by atomic mass is 9.81. The highest BCUT2D eigenvalue weighted by atomic mass is 16.5. The zero-order chi connectivity index (χ0) is 40.9. The molecular weight excluding hydrogens is 747 g/mol. The number of aromatic nitrogens is 1. The number of phenols is 1. The molecule has 4 saturated heterocycles. The normalized spacial score (nSPS) is 20.3. The topological polar surface area (TPSA) is 159 Å². The molecule has 4 aliphatic rings. The van der Waals surface area contributed by atoms with E-state index in [1.165, 1.54) is 12.1 Å². The highest BCUT2D eigenvalue weighted by molar-refractivity contribution is 5.94. The van der Waals surface area contributed by atoms with Crippen molar-refractivity contribution in [2.24, 2.45) is 11.8 Å². The fourth-order valence-corrected chi connectivity index (χ4v) is 9.26. The number of hydrogen-bond donors (Lipinski definition) is 5. The number of nitrogens with zero attached hydrogens (tertiary/aromatic N) is 3. The molecule has 12 nitrogen and oxygen atoms in total. The van der Waals surface area contributed by atoms with E-state index in [2.05, 4.69) is 15.2 Å². The van der Waals surface area contributed by atoms with Crippen molar-refractivity contribution in [2.45, 2.75) is 50.3 Å². The van der Waals surface area contributed by atoms with Crippen LogP contribution in [0.5, 0.6) is 11.5 Å². The van der Waals surface area contributed by atoms with Crippen molar-refractivity contribution in [3.63, 3.8) is 0 Å². The molecule has 5 N–H and O–H groups in total. The van der Waals surface area contributed by atoms with Gasteiger partial charge in [-0.05, 0) is 122 Å². The summed E-state index contributed by atoms with van der Waals surface area (Å²) >= 11 is 0. The number of piperidine rings is 4. The predicted octanol–water partition coefficient (Wildman–Crippen LogP) is 6.19. The Labute approximate surface area is 344 Å². The molecule has 1 aromatic heterocycles. The number of aliphatic hydroxyl groups is 1. The molecule has 5 aromatic rings. The molecule has 12 heteroatoms. The van der Waals surface area contributed by atoms with Crippen LogP contribution in [0, 0.1) is 11.8 Å². The van der Waals surface area contributed by atoms with Crippen LogP contribution in [-0.4, -0.2) is 105 Å². The molecule has 4 fully saturated rings. The van der Waals surface area contributed by atoms with Gasteiger partial charge < -0.3 is 40.2 Å². The number of H-pyrrole nitrogens is 1. The number of aromatic hydroxyl groups is 1. The number of amides is 2. The number of aromatic amines is 1. The molecule has 0 saturated carbocycles. The maximum atomic E-state index is 13.4. The number of ether oxygens (including phenoxy) is 1. The van der Waals surface area contributed by atoms with Gasteiger partial charge in [-0.3, -0.25) is 14.5 Å². The van der Waals surface area contributed by atoms with Gasteiger partial charge >= 0.3 is 6.09 Å². The Morgan fingerprint density at radius 3 is 2.32 bits per heavy atom. The van der Waals surface area contributed by atoms with E-state index in [0.29, 0.717) is 73.1 Å². The second-order valence-corrected chi connectivity index (χ2v) is 16.3. The van der Waals surface area contributed by atoms with Gasteiger partial charge in [-0.2, -0.15) is 0 Å². The summed E-state index contributed by atoms with van der Waals surface area (Å²) in [7, 11) is 0. The lowest BCUT2D eigenvalue weighted by Gasteiger charge is -2.50. The van der Waals surface area contributed by atoms with E-state index >= 15 is 0 Å². The van der Waals surface area contributed by atoms with Gasteiger partial charge in [0.15, 0.2) is 0 Å². The van der Waals surface area contributed by atoms with Gasteiger partial charge in [0.05, 0.1) is 30.3 Å². The van der Waals surface area contributed by atoms with E-state index in [1.54, 1.807) is 17.0 Å². The Balaban J connectivity index is 0.816. The van der Waals surface area contributed by atoms with Crippen molar-refractivity contribution < 1.29 is 29.6 Å². The van der Waals surface area contributed by atoms with Crippen molar-refractivity contribution in [1.82, 2.24) is 25.0 Å². The first-order valence-corrected chi connectivity index (χ1v) is 20.8. The largest absolute Gasteiger partial charge is 0.506 e. The molecule has 59 heavy (non-hydrogen) atoms. The molecule has 0 radical (unpaired) electrons. The van der Waals surface area contributed by atoms with Crippen LogP contribution in [0.1, 0.15) is 70.4 Å². The van der Waals surface area contributed by atoms with Gasteiger partial charge in [0.25, 0.3) is 5.91 Å². The van der Waals surface area contributed by atoms with Crippen LogP contribution in [0.15, 0.2) is 108 Å². The SMILES string of the molecule is O=C(c1ccc(CCNCC(O)c2ccc(O)c3[nH]c(=O)ccc23)cc1)N1CCC(COc2cccc([C@H](c3ccccc3)N(C(=O)O)C3CN4CCC3CC4)c2)CC1. The lowest BCUT2D eigenvalue weighted by Crippen LogP contribution is -2.59. The molecule has 3 atom stereocenters. The molecule has 4 aliphatic heterocycles. The maximum Gasteiger partial charge on any atom is 0.408 e. The fraction of sp³-hybridized carbons (Fsp3) is 0.383. The monoisotopic (exact) mass is 799 g/mol. The third-order valence-corrected chi connectivity index (χ3v) is 12.5. The average molecular weight is 800 g/mol. The Hall–Kier alpha value is -5.69. The summed E-state index contributed by atoms with van der Waals surface area (Å²) in [6.07, 6.45) is 2.70. The average Bonchev–Trinajstić information content (AvgIpc) is 3.27. The van der Waals surface area contributed by atoms with E-state index in [0.717, 1.165) is 67.8 Å². The third kappa shape index (κ3) is 9.15. The summed E-state index contributed by atoms with van der Waals surface area (Å²) in [5, 5.41) is 35.5. The molecular formula is C47H53N5O7. The van der Waals surface area contributed by atoms with Gasteiger partial charge in [0.1, 0.15) is 11.5 Å². The van der Waals surface area contributed by atoms with Crippen molar-refractivity contribution in [3.05, 3.63) is 141 Å². The zero-order valence-corrected chi connectivity index (χ0v) is 33.2. The number of hydrogen-bond acceptors (Lipinski definition) is 8. The van der Waals surface area contributed by atoms with Crippen molar-refractivity contribution >= 4 is 22.9 Å². The Kier molecular flexibility index (Phi) is 12.3. The third-order valence-electron chi connectivity index (χ3n) is 12.5. The molecule has 2 unspecified atom stereocenters. The van der Waals surface area contributed by atoms with Crippen molar-refractivity contribution in [1.29, 1.82) is 0 Å². The van der Waals surface area contributed by atoms with Gasteiger partial charge in [0, 0.05) is 43.2 Å². The number of nitrogens with one attached hydrogen (secondary N) is 2. The number of benzene rings is 4. The summed E-state index contributed by atoms with van der Waals surface area (Å²) in [6, 6.07) is 31.1. The number of fused-ring (bicyclic) bond motifs is 4. The van der Waals surface area contributed by atoms with Crippen LogP contribution in [0.25, 0.3) is 10.9 Å². The highest BCUT2D eigenvalue weighted by Crippen LogP contribution is 2.39. The molecule has 4 aromatic carbocycles. The minimum atomic E-state index is -0.898. The van der Waals surface area contributed by atoms with Gasteiger partial charge in [-0.25, -0.2) is 4.79 Å². The van der Waals surface area contributed by atoms with Crippen LogP contribution < -0.4 is 15.6 Å². The second-order valence-electron chi connectivity index (χ2n) is 16.3. The van der Waals surface area contributed by atoms with E-state index in [4.69, 9.17) is 4.74 Å². The highest BCUT2D eigenvalue weighted by Gasteiger charge is 2.43. The molecule has 5 heterocycles. The first kappa shape index (κ1) is 40.1. The maximum absolute atomic E-state index is 13.4. The number of likely N-dealkylation sites (tertiary alicyclic amines) is 1. The Bertz CT molecular complexity index is 2280. The van der Waals surface area contributed by atoms with Gasteiger partial charge in [0.2, 0.25) is 5.56 Å². The first-order chi connectivity index (χ1) is 28.7. The van der Waals surface area contributed by atoms with E-state index in [1.807, 2.05) is 83.8 Å². The molecule has 2 amide bonds. The van der Waals surface area contributed by atoms with Crippen LogP contribution in [0.4, 0.5) is 4.79 Å². The molecule has 0 spiro atoms. The Morgan fingerprint density at radius 1 is 0.864 bits per heavy atom. The number of rotatable bonds is 14. The van der Waals surface area contributed by atoms with Crippen LogP contribution in [0.2, 0.25) is 0 Å². The smallest absolute Gasteiger partial charge is 0.408 e. The summed E-state index contributed by atoms with van der Waals surface area (Å²) < 4.78 is 6.38. The fourth-order valence-electron chi connectivity index (χ4n) is 9.26. The predicted molar refractivity (Wildman–Crippen MR) is 226 cm³/mol. The summed E-state index contributed by atoms with van der Waals surface area (Å²) in [6.45, 7) is 5.58. The van der Waals surface area contributed by atoms with Crippen LogP contribution in [0.3, 0.4) is 0 Å². The van der Waals surface area contributed by atoms with Gasteiger partial charge in [-0.15, -0.1) is 0 Å². The lowest BCUT2D eigenvalue weighted by molar-refractivity contribution is -0.000816. The van der Waals surface area contributed by atoms with Crippen LogP contribution in [-0.2, 0) is 6.42 Å². The number of phenolic OH excluding ortho intramolecular Hbond substituents is 1. The number of carboxylic acid groups (broad SMARTS) is 1. The van der Waals surface area contributed by atoms with E-state index in [-0.39, 0.29) is 23.3 Å². The van der Waals surface area contributed by atoms with Crippen LogP contribution >= 0.6 is 0 Å². The molecule has 0 aliphatic carbocycles. The number of aliphatic hydroxyl groups excluding tert-OH is 1. The number of carbonyl (C=O) groups is 2. The zero-order valence-electron chi connectivity index (χ0n) is 33.2. The first-order valence-electron chi connectivity index (χ1n) is 20.8. The summed E-state index contributed by atoms with van der Waals surface area (Å²) in [5.41, 5.74) is 4.17. The standard InChI is InChI=1S/C47H53N5O7/c53-41-15-13-38(39-14-16-43(55)49-44(39)41)42(54)28-48-22-17-31-9-11-35(12-10-31)46(56)51-25-18-32(19-26-51)30-59-37-8-4-7-36(27-37)45(34-5-2-1-3-6-34)52(47(57)58)40-29-50-23-20-33(40)21-24-50/h1-16,27,32-33,40,42,45,48,53-54H,17-26,28-30H2,(H,49,55)(H,57,58)/t40?,42?,45-/m0/s1. The van der Waals surface area contributed by atoms with Gasteiger partial charge in [-0.1, -0.05) is 60.7 Å². The summed E-state index contributed by atoms with van der Waals surface area (Å²) in [5.74, 6) is 1.34. The molecule has 308 valence electrons. The minimum absolute atomic E-state index is 0.0188. The van der Waals surface area contributed by atoms with E-state index < -0.39 is 18.2 Å². The molecule has 2 bridgehead atoms. The van der Waals surface area contributed by atoms with E-state index in [9.17, 15) is 29.7 Å². The molecule has 9 rings (SSSR count). The number of pyridine rings is 1. The van der Waals surface area contributed by atoms with Crippen molar-refractivity contribution in [3.8, 4) is 11.5 Å². The minimum Gasteiger partial charge on any atom is -0.506 e. The number of carbonyl (C=O) groups excluding carboxylic acids is 1. The quantitative estimate of drug-likeness (QED) is 0.0826. The summed E-state index contributed by atoms with van der Waals surface area (Å²) in [4.78, 5) is 46.8. The Morgan fingerprint density at radius 2 is 1.61 bits per heavy atom.